The van der Waals surface area contributed by atoms with Crippen LogP contribution in [-0.4, -0.2) is 11.5 Å². The van der Waals surface area contributed by atoms with Gasteiger partial charge in [0.25, 0.3) is 0 Å². The maximum Gasteiger partial charge on any atom is 0.149 e. The molecule has 90 valence electrons. The highest BCUT2D eigenvalue weighted by molar-refractivity contribution is 5.65. The standard InChI is InChI=1S/C13H15FN2O/c1-2-5-15-9-13-11(4-7-17-13)10-3-6-16-8-12(10)14/h3-4,6-8,15H,2,5,9H2,1H3. The van der Waals surface area contributed by atoms with E-state index in [0.717, 1.165) is 24.3 Å². The summed E-state index contributed by atoms with van der Waals surface area (Å²) in [5.41, 5.74) is 1.32. The first kappa shape index (κ1) is 11.8. The predicted octanol–water partition coefficient (Wildman–Crippen LogP) is 2.98. The molecule has 0 bridgehead atoms. The molecule has 2 heterocycles. The van der Waals surface area contributed by atoms with Crippen molar-refractivity contribution in [1.82, 2.24) is 10.3 Å². The highest BCUT2D eigenvalue weighted by Gasteiger charge is 2.11. The van der Waals surface area contributed by atoms with Crippen molar-refractivity contribution in [1.29, 1.82) is 0 Å². The molecule has 0 saturated carbocycles. The van der Waals surface area contributed by atoms with Gasteiger partial charge >= 0.3 is 0 Å². The van der Waals surface area contributed by atoms with E-state index < -0.39 is 0 Å². The van der Waals surface area contributed by atoms with E-state index in [1.54, 1.807) is 24.6 Å². The quantitative estimate of drug-likeness (QED) is 0.808. The van der Waals surface area contributed by atoms with Gasteiger partial charge in [0.1, 0.15) is 11.6 Å². The van der Waals surface area contributed by atoms with Gasteiger partial charge < -0.3 is 9.73 Å². The lowest BCUT2D eigenvalue weighted by Crippen LogP contribution is -2.13. The molecule has 0 amide bonds. The Balaban J connectivity index is 2.22. The van der Waals surface area contributed by atoms with Crippen LogP contribution in [0.5, 0.6) is 0 Å². The van der Waals surface area contributed by atoms with Gasteiger partial charge in [-0.1, -0.05) is 6.92 Å². The van der Waals surface area contributed by atoms with Gasteiger partial charge in [-0.25, -0.2) is 4.39 Å². The van der Waals surface area contributed by atoms with Crippen molar-refractivity contribution in [2.45, 2.75) is 19.9 Å². The molecule has 4 heteroatoms. The van der Waals surface area contributed by atoms with Crippen LogP contribution >= 0.6 is 0 Å². The normalized spacial score (nSPS) is 10.7. The summed E-state index contributed by atoms with van der Waals surface area (Å²) in [6, 6.07) is 3.44. The van der Waals surface area contributed by atoms with Crippen molar-refractivity contribution in [3.63, 3.8) is 0 Å². The Kier molecular flexibility index (Phi) is 3.88. The summed E-state index contributed by atoms with van der Waals surface area (Å²) >= 11 is 0. The second-order valence-electron chi connectivity index (χ2n) is 3.79. The average Bonchev–Trinajstić information content (AvgIpc) is 2.78. The minimum absolute atomic E-state index is 0.328. The lowest BCUT2D eigenvalue weighted by atomic mass is 10.1. The Labute approximate surface area is 99.7 Å². The van der Waals surface area contributed by atoms with Crippen LogP contribution in [0.4, 0.5) is 4.39 Å². The first-order valence-corrected chi connectivity index (χ1v) is 5.70. The number of rotatable bonds is 5. The monoisotopic (exact) mass is 234 g/mol. The Hall–Kier alpha value is -1.68. The molecule has 2 rings (SSSR count). The van der Waals surface area contributed by atoms with E-state index in [1.807, 2.05) is 0 Å². The highest BCUT2D eigenvalue weighted by Crippen LogP contribution is 2.26. The number of furan rings is 1. The fourth-order valence-electron chi connectivity index (χ4n) is 1.69. The number of pyridine rings is 1. The van der Waals surface area contributed by atoms with Crippen LogP contribution in [0.1, 0.15) is 19.1 Å². The molecule has 0 radical (unpaired) electrons. The van der Waals surface area contributed by atoms with Crippen LogP contribution in [0, 0.1) is 5.82 Å². The van der Waals surface area contributed by atoms with Gasteiger partial charge in [-0.3, -0.25) is 4.98 Å². The highest BCUT2D eigenvalue weighted by atomic mass is 19.1. The first-order chi connectivity index (χ1) is 8.33. The minimum Gasteiger partial charge on any atom is -0.467 e. The summed E-state index contributed by atoms with van der Waals surface area (Å²) in [6.45, 7) is 3.62. The van der Waals surface area contributed by atoms with Gasteiger partial charge in [-0.2, -0.15) is 0 Å². The van der Waals surface area contributed by atoms with Crippen molar-refractivity contribution in [2.24, 2.45) is 0 Å². The van der Waals surface area contributed by atoms with Crippen LogP contribution in [0.2, 0.25) is 0 Å². The number of aromatic nitrogens is 1. The van der Waals surface area contributed by atoms with E-state index in [9.17, 15) is 4.39 Å². The molecule has 1 N–H and O–H groups in total. The Morgan fingerprint density at radius 3 is 3.00 bits per heavy atom. The summed E-state index contributed by atoms with van der Waals surface area (Å²) in [5, 5.41) is 3.24. The topological polar surface area (TPSA) is 38.1 Å². The summed E-state index contributed by atoms with van der Waals surface area (Å²) < 4.78 is 19.0. The van der Waals surface area contributed by atoms with Gasteiger partial charge in [0.05, 0.1) is 19.0 Å². The van der Waals surface area contributed by atoms with E-state index in [0.29, 0.717) is 12.1 Å². The molecule has 0 unspecified atom stereocenters. The molecule has 0 aliphatic rings. The zero-order valence-electron chi connectivity index (χ0n) is 9.74. The number of hydrogen-bond acceptors (Lipinski definition) is 3. The fraction of sp³-hybridized carbons (Fsp3) is 0.308. The van der Waals surface area contributed by atoms with Gasteiger partial charge in [0, 0.05) is 17.3 Å². The third kappa shape index (κ3) is 2.71. The van der Waals surface area contributed by atoms with Crippen molar-refractivity contribution in [3.05, 3.63) is 42.4 Å². The summed E-state index contributed by atoms with van der Waals surface area (Å²) in [6.07, 6.45) is 5.43. The van der Waals surface area contributed by atoms with E-state index in [2.05, 4.69) is 17.2 Å². The molecule has 0 aliphatic carbocycles. The van der Waals surface area contributed by atoms with E-state index >= 15 is 0 Å². The van der Waals surface area contributed by atoms with E-state index in [-0.39, 0.29) is 5.82 Å². The van der Waals surface area contributed by atoms with Crippen LogP contribution in [0.25, 0.3) is 11.1 Å². The third-order valence-electron chi connectivity index (χ3n) is 2.52. The first-order valence-electron chi connectivity index (χ1n) is 5.70. The van der Waals surface area contributed by atoms with Crippen molar-refractivity contribution >= 4 is 0 Å². The zero-order chi connectivity index (χ0) is 12.1. The molecule has 0 fully saturated rings. The van der Waals surface area contributed by atoms with Crippen molar-refractivity contribution in [3.8, 4) is 11.1 Å². The summed E-state index contributed by atoms with van der Waals surface area (Å²) in [4.78, 5) is 3.74. The Bertz CT molecular complexity index is 482. The zero-order valence-corrected chi connectivity index (χ0v) is 9.74. The largest absolute Gasteiger partial charge is 0.467 e. The predicted molar refractivity (Wildman–Crippen MR) is 63.9 cm³/mol. The van der Waals surface area contributed by atoms with E-state index in [4.69, 9.17) is 4.42 Å². The Morgan fingerprint density at radius 1 is 1.35 bits per heavy atom. The minimum atomic E-state index is -0.328. The molecule has 0 spiro atoms. The van der Waals surface area contributed by atoms with E-state index in [1.165, 1.54) is 6.20 Å². The van der Waals surface area contributed by atoms with Crippen LogP contribution in [0.3, 0.4) is 0 Å². The van der Waals surface area contributed by atoms with Gasteiger partial charge in [0.2, 0.25) is 0 Å². The van der Waals surface area contributed by atoms with Gasteiger partial charge in [-0.05, 0) is 25.1 Å². The smallest absolute Gasteiger partial charge is 0.149 e. The maximum absolute atomic E-state index is 13.6. The molecule has 0 aliphatic heterocycles. The number of hydrogen-bond donors (Lipinski definition) is 1. The molecular formula is C13H15FN2O. The molecule has 2 aromatic rings. The lowest BCUT2D eigenvalue weighted by molar-refractivity contribution is 0.484. The van der Waals surface area contributed by atoms with Gasteiger partial charge in [0.15, 0.2) is 0 Å². The second kappa shape index (κ2) is 5.59. The summed E-state index contributed by atoms with van der Waals surface area (Å²) in [5.74, 6) is 0.425. The number of nitrogens with one attached hydrogen (secondary N) is 1. The molecule has 0 aromatic carbocycles. The van der Waals surface area contributed by atoms with Gasteiger partial charge in [-0.15, -0.1) is 0 Å². The molecule has 17 heavy (non-hydrogen) atoms. The molecule has 0 atom stereocenters. The summed E-state index contributed by atoms with van der Waals surface area (Å²) in [7, 11) is 0. The van der Waals surface area contributed by atoms with Crippen molar-refractivity contribution < 1.29 is 8.81 Å². The molecule has 3 nitrogen and oxygen atoms in total. The average molecular weight is 234 g/mol. The van der Waals surface area contributed by atoms with Crippen LogP contribution in [-0.2, 0) is 6.54 Å². The maximum atomic E-state index is 13.6. The van der Waals surface area contributed by atoms with Crippen molar-refractivity contribution in [2.75, 3.05) is 6.54 Å². The molecule has 2 aromatic heterocycles. The van der Waals surface area contributed by atoms with Crippen LogP contribution in [0.15, 0.2) is 35.2 Å². The lowest BCUT2D eigenvalue weighted by Gasteiger charge is -2.04. The third-order valence-corrected chi connectivity index (χ3v) is 2.52. The van der Waals surface area contributed by atoms with Crippen LogP contribution < -0.4 is 5.32 Å². The number of halogens is 1. The molecular weight excluding hydrogens is 219 g/mol. The Morgan fingerprint density at radius 2 is 2.24 bits per heavy atom. The molecule has 0 saturated heterocycles. The SMILES string of the molecule is CCCNCc1occc1-c1ccncc1F. The second-order valence-corrected chi connectivity index (χ2v) is 3.79. The fourth-order valence-corrected chi connectivity index (χ4v) is 1.69. The number of nitrogens with zero attached hydrogens (tertiary/aromatic N) is 1.